The predicted octanol–water partition coefficient (Wildman–Crippen LogP) is 3.78. The Morgan fingerprint density at radius 1 is 1.07 bits per heavy atom. The Morgan fingerprint density at radius 2 is 1.86 bits per heavy atom. The van der Waals surface area contributed by atoms with Gasteiger partial charge < -0.3 is 10.1 Å². The fourth-order valence-electron chi connectivity index (χ4n) is 2.33. The number of nitrogens with one attached hydrogen (secondary N) is 2. The standard InChI is InChI=1S/C19H15F2N3O4S/c1-29(26,27)24-14-4-2-3-12(9-14)19(25)23-18-8-6-15(11-22-18)28-17-7-5-13(20)10-16(17)21/h2-11,24H,1H3,(H,22,23,25). The van der Waals surface area contributed by atoms with Crippen molar-refractivity contribution in [1.82, 2.24) is 4.98 Å². The van der Waals surface area contributed by atoms with E-state index in [-0.39, 0.29) is 28.6 Å². The van der Waals surface area contributed by atoms with Crippen LogP contribution in [-0.4, -0.2) is 25.6 Å². The number of hydrogen-bond donors (Lipinski definition) is 2. The van der Waals surface area contributed by atoms with Crippen LogP contribution in [0.5, 0.6) is 11.5 Å². The van der Waals surface area contributed by atoms with Crippen molar-refractivity contribution in [3.63, 3.8) is 0 Å². The first-order chi connectivity index (χ1) is 13.7. The van der Waals surface area contributed by atoms with E-state index in [1.807, 2.05) is 0 Å². The van der Waals surface area contributed by atoms with Gasteiger partial charge in [0, 0.05) is 17.3 Å². The van der Waals surface area contributed by atoms with Crippen molar-refractivity contribution >= 4 is 27.4 Å². The van der Waals surface area contributed by atoms with Gasteiger partial charge in [0.05, 0.1) is 12.5 Å². The summed E-state index contributed by atoms with van der Waals surface area (Å²) < 4.78 is 56.7. The fourth-order valence-corrected chi connectivity index (χ4v) is 2.88. The molecule has 7 nitrogen and oxygen atoms in total. The number of carbonyl (C=O) groups is 1. The summed E-state index contributed by atoms with van der Waals surface area (Å²) in [6.07, 6.45) is 2.27. The molecule has 3 aromatic rings. The normalized spacial score (nSPS) is 11.0. The molecule has 0 aliphatic heterocycles. The van der Waals surface area contributed by atoms with Crippen LogP contribution in [0.1, 0.15) is 10.4 Å². The van der Waals surface area contributed by atoms with E-state index in [0.717, 1.165) is 18.4 Å². The summed E-state index contributed by atoms with van der Waals surface area (Å²) >= 11 is 0. The van der Waals surface area contributed by atoms with Crippen molar-refractivity contribution in [3.05, 3.63) is 78.0 Å². The first-order valence-electron chi connectivity index (χ1n) is 8.18. The fraction of sp³-hybridized carbons (Fsp3) is 0.0526. The monoisotopic (exact) mass is 419 g/mol. The lowest BCUT2D eigenvalue weighted by atomic mass is 10.2. The summed E-state index contributed by atoms with van der Waals surface area (Å²) in [5.41, 5.74) is 0.465. The Morgan fingerprint density at radius 3 is 2.52 bits per heavy atom. The third-order valence-electron chi connectivity index (χ3n) is 3.53. The molecule has 29 heavy (non-hydrogen) atoms. The van der Waals surface area contributed by atoms with E-state index in [1.165, 1.54) is 42.6 Å². The van der Waals surface area contributed by atoms with Gasteiger partial charge in [-0.25, -0.2) is 22.2 Å². The van der Waals surface area contributed by atoms with Crippen LogP contribution in [0.15, 0.2) is 60.8 Å². The van der Waals surface area contributed by atoms with Gasteiger partial charge in [0.2, 0.25) is 10.0 Å². The van der Waals surface area contributed by atoms with Crippen molar-refractivity contribution in [1.29, 1.82) is 0 Å². The molecular formula is C19H15F2N3O4S. The summed E-state index contributed by atoms with van der Waals surface area (Å²) in [5.74, 6) is -1.86. The lowest BCUT2D eigenvalue weighted by Gasteiger charge is -2.09. The molecule has 0 saturated heterocycles. The number of carbonyl (C=O) groups excluding carboxylic acids is 1. The molecule has 10 heteroatoms. The van der Waals surface area contributed by atoms with Gasteiger partial charge in [0.25, 0.3) is 5.91 Å². The first-order valence-corrected chi connectivity index (χ1v) is 10.1. The van der Waals surface area contributed by atoms with Crippen molar-refractivity contribution in [3.8, 4) is 11.5 Å². The third-order valence-corrected chi connectivity index (χ3v) is 4.13. The molecule has 150 valence electrons. The van der Waals surface area contributed by atoms with Gasteiger partial charge in [-0.05, 0) is 42.5 Å². The van der Waals surface area contributed by atoms with E-state index in [9.17, 15) is 22.0 Å². The van der Waals surface area contributed by atoms with Gasteiger partial charge in [0.15, 0.2) is 11.6 Å². The van der Waals surface area contributed by atoms with Crippen LogP contribution >= 0.6 is 0 Å². The lowest BCUT2D eigenvalue weighted by Crippen LogP contribution is -2.14. The summed E-state index contributed by atoms with van der Waals surface area (Å²) in [5, 5.41) is 2.55. The molecule has 0 saturated carbocycles. The molecule has 3 rings (SSSR count). The van der Waals surface area contributed by atoms with E-state index in [0.29, 0.717) is 6.07 Å². The number of benzene rings is 2. The van der Waals surface area contributed by atoms with Crippen LogP contribution in [0, 0.1) is 11.6 Å². The second-order valence-electron chi connectivity index (χ2n) is 5.97. The van der Waals surface area contributed by atoms with Gasteiger partial charge in [-0.2, -0.15) is 0 Å². The van der Waals surface area contributed by atoms with Gasteiger partial charge in [0.1, 0.15) is 17.4 Å². The molecule has 0 radical (unpaired) electrons. The third kappa shape index (κ3) is 5.72. The second kappa shape index (κ2) is 8.23. The number of pyridine rings is 1. The van der Waals surface area contributed by atoms with Gasteiger partial charge >= 0.3 is 0 Å². The van der Waals surface area contributed by atoms with Crippen LogP contribution < -0.4 is 14.8 Å². The van der Waals surface area contributed by atoms with Crippen molar-refractivity contribution < 1.29 is 26.7 Å². The highest BCUT2D eigenvalue weighted by atomic mass is 32.2. The van der Waals surface area contributed by atoms with Gasteiger partial charge in [-0.1, -0.05) is 6.07 Å². The van der Waals surface area contributed by atoms with E-state index in [2.05, 4.69) is 15.0 Å². The van der Waals surface area contributed by atoms with E-state index < -0.39 is 27.6 Å². The van der Waals surface area contributed by atoms with Crippen LogP contribution in [0.25, 0.3) is 0 Å². The smallest absolute Gasteiger partial charge is 0.256 e. The van der Waals surface area contributed by atoms with Gasteiger partial charge in [-0.3, -0.25) is 9.52 Å². The largest absolute Gasteiger partial charge is 0.453 e. The van der Waals surface area contributed by atoms with Crippen molar-refractivity contribution in [2.24, 2.45) is 0 Å². The molecule has 1 heterocycles. The molecule has 1 amide bonds. The topological polar surface area (TPSA) is 97.4 Å². The average molecular weight is 419 g/mol. The van der Waals surface area contributed by atoms with Crippen LogP contribution in [0.3, 0.4) is 0 Å². The maximum atomic E-state index is 13.6. The summed E-state index contributed by atoms with van der Waals surface area (Å²) in [7, 11) is -3.47. The molecule has 1 aromatic heterocycles. The Balaban J connectivity index is 1.68. The van der Waals surface area contributed by atoms with E-state index >= 15 is 0 Å². The molecule has 0 spiro atoms. The number of amides is 1. The SMILES string of the molecule is CS(=O)(=O)Nc1cccc(C(=O)Nc2ccc(Oc3ccc(F)cc3F)cn2)c1. The van der Waals surface area contributed by atoms with Gasteiger partial charge in [-0.15, -0.1) is 0 Å². The minimum atomic E-state index is -3.47. The second-order valence-corrected chi connectivity index (χ2v) is 7.71. The Hall–Kier alpha value is -3.53. The average Bonchev–Trinajstić information content (AvgIpc) is 2.64. The number of nitrogens with zero attached hydrogens (tertiary/aromatic N) is 1. The Bertz CT molecular complexity index is 1150. The number of aromatic nitrogens is 1. The molecule has 2 N–H and O–H groups in total. The molecule has 0 fully saturated rings. The number of rotatable bonds is 6. The number of anilines is 2. The highest BCUT2D eigenvalue weighted by molar-refractivity contribution is 7.92. The molecule has 0 aliphatic rings. The zero-order valence-corrected chi connectivity index (χ0v) is 15.8. The number of ether oxygens (including phenoxy) is 1. The number of halogens is 2. The lowest BCUT2D eigenvalue weighted by molar-refractivity contribution is 0.102. The highest BCUT2D eigenvalue weighted by Gasteiger charge is 2.10. The first kappa shape index (κ1) is 20.2. The number of hydrogen-bond acceptors (Lipinski definition) is 5. The summed E-state index contributed by atoms with van der Waals surface area (Å²) in [6.45, 7) is 0. The van der Waals surface area contributed by atoms with Crippen LogP contribution in [0.4, 0.5) is 20.3 Å². The summed E-state index contributed by atoms with van der Waals surface area (Å²) in [4.78, 5) is 16.3. The van der Waals surface area contributed by atoms with Crippen molar-refractivity contribution in [2.45, 2.75) is 0 Å². The molecular weight excluding hydrogens is 404 g/mol. The van der Waals surface area contributed by atoms with E-state index in [4.69, 9.17) is 4.74 Å². The van der Waals surface area contributed by atoms with Crippen LogP contribution in [-0.2, 0) is 10.0 Å². The Labute approximate surface area is 165 Å². The zero-order valence-electron chi connectivity index (χ0n) is 15.0. The van der Waals surface area contributed by atoms with Crippen LogP contribution in [0.2, 0.25) is 0 Å². The molecule has 0 aliphatic carbocycles. The summed E-state index contributed by atoms with van der Waals surface area (Å²) in [6, 6.07) is 11.7. The maximum Gasteiger partial charge on any atom is 0.256 e. The Kier molecular flexibility index (Phi) is 5.74. The molecule has 0 bridgehead atoms. The molecule has 0 unspecified atom stereocenters. The van der Waals surface area contributed by atoms with Crippen molar-refractivity contribution in [2.75, 3.05) is 16.3 Å². The minimum absolute atomic E-state index is 0.167. The minimum Gasteiger partial charge on any atom is -0.453 e. The quantitative estimate of drug-likeness (QED) is 0.634. The van der Waals surface area contributed by atoms with E-state index in [1.54, 1.807) is 0 Å². The molecule has 2 aromatic carbocycles. The maximum absolute atomic E-state index is 13.6. The number of sulfonamides is 1. The molecule has 0 atom stereocenters. The predicted molar refractivity (Wildman–Crippen MR) is 104 cm³/mol. The highest BCUT2D eigenvalue weighted by Crippen LogP contribution is 2.25. The zero-order chi connectivity index (χ0) is 21.0.